The molecule has 5 nitrogen and oxygen atoms in total. The van der Waals surface area contributed by atoms with E-state index in [1.54, 1.807) is 12.1 Å². The summed E-state index contributed by atoms with van der Waals surface area (Å²) < 4.78 is 30.2. The van der Waals surface area contributed by atoms with Crippen LogP contribution in [-0.4, -0.2) is 31.9 Å². The van der Waals surface area contributed by atoms with E-state index in [9.17, 15) is 18.3 Å². The Hall–Kier alpha value is -1.56. The summed E-state index contributed by atoms with van der Waals surface area (Å²) in [5.74, 6) is -0.892. The predicted octanol–water partition coefficient (Wildman–Crippen LogP) is 3.67. The van der Waals surface area contributed by atoms with Crippen LogP contribution in [0.3, 0.4) is 0 Å². The summed E-state index contributed by atoms with van der Waals surface area (Å²) in [5.41, 5.74) is 0. The summed E-state index contributed by atoms with van der Waals surface area (Å²) in [6.07, 6.45) is 6.02. The number of aliphatic carboxylic acids is 1. The number of hydrogen-bond acceptors (Lipinski definition) is 4. The van der Waals surface area contributed by atoms with Crippen LogP contribution in [0.5, 0.6) is 5.75 Å². The lowest BCUT2D eigenvalue weighted by molar-refractivity contribution is -0.136. The van der Waals surface area contributed by atoms with Crippen LogP contribution >= 0.6 is 0 Å². The molecule has 0 aliphatic heterocycles. The van der Waals surface area contributed by atoms with Crippen LogP contribution in [0.2, 0.25) is 0 Å². The molecule has 0 saturated heterocycles. The number of benzene rings is 1. The Balaban J connectivity index is 2.76. The quantitative estimate of drug-likeness (QED) is 0.621. The molecule has 0 spiro atoms. The van der Waals surface area contributed by atoms with E-state index < -0.39 is 21.1 Å². The number of sulfone groups is 1. The standard InChI is InChI=1S/C17H26O5S/c1-3-4-5-6-7-8-12-16(17(18)19)23(20,21)15-11-9-10-14(13-15)22-2/h9-11,13,16H,3-8,12H2,1-2H3,(H,18,19). The Morgan fingerprint density at radius 2 is 1.83 bits per heavy atom. The Morgan fingerprint density at radius 3 is 2.43 bits per heavy atom. The number of methoxy groups -OCH3 is 1. The van der Waals surface area contributed by atoms with Crippen LogP contribution < -0.4 is 4.74 Å². The van der Waals surface area contributed by atoms with E-state index in [1.165, 1.54) is 19.2 Å². The van der Waals surface area contributed by atoms with Gasteiger partial charge in [0, 0.05) is 0 Å². The van der Waals surface area contributed by atoms with Crippen molar-refractivity contribution >= 4 is 15.8 Å². The molecule has 0 bridgehead atoms. The topological polar surface area (TPSA) is 80.7 Å². The Bertz CT molecular complexity index is 595. The number of unbranched alkanes of at least 4 members (excludes halogenated alkanes) is 5. The highest BCUT2D eigenvalue weighted by molar-refractivity contribution is 7.92. The van der Waals surface area contributed by atoms with Gasteiger partial charge in [-0.2, -0.15) is 0 Å². The number of hydrogen-bond donors (Lipinski definition) is 1. The second kappa shape index (κ2) is 9.55. The molecule has 0 saturated carbocycles. The fourth-order valence-electron chi connectivity index (χ4n) is 2.46. The molecule has 130 valence electrons. The van der Waals surface area contributed by atoms with Crippen molar-refractivity contribution < 1.29 is 23.1 Å². The van der Waals surface area contributed by atoms with Crippen LogP contribution in [0.1, 0.15) is 51.9 Å². The molecule has 0 radical (unpaired) electrons. The number of carboxylic acid groups (broad SMARTS) is 1. The van der Waals surface area contributed by atoms with Crippen molar-refractivity contribution in [3.05, 3.63) is 24.3 Å². The van der Waals surface area contributed by atoms with Gasteiger partial charge in [0.15, 0.2) is 15.1 Å². The van der Waals surface area contributed by atoms with Gasteiger partial charge in [-0.25, -0.2) is 8.42 Å². The molecule has 1 N–H and O–H groups in total. The van der Waals surface area contributed by atoms with E-state index in [0.29, 0.717) is 12.2 Å². The average Bonchev–Trinajstić information content (AvgIpc) is 2.53. The summed E-state index contributed by atoms with van der Waals surface area (Å²) in [5, 5.41) is 7.92. The monoisotopic (exact) mass is 342 g/mol. The lowest BCUT2D eigenvalue weighted by atomic mass is 10.1. The average molecular weight is 342 g/mol. The maximum Gasteiger partial charge on any atom is 0.322 e. The summed E-state index contributed by atoms with van der Waals surface area (Å²) >= 11 is 0. The van der Waals surface area contributed by atoms with Crippen molar-refractivity contribution in [2.24, 2.45) is 0 Å². The van der Waals surface area contributed by atoms with E-state index in [1.807, 2.05) is 0 Å². The molecule has 0 fully saturated rings. The first-order valence-corrected chi connectivity index (χ1v) is 9.58. The number of ether oxygens (including phenoxy) is 1. The van der Waals surface area contributed by atoms with Gasteiger partial charge < -0.3 is 9.84 Å². The van der Waals surface area contributed by atoms with Crippen molar-refractivity contribution in [2.45, 2.75) is 62.0 Å². The van der Waals surface area contributed by atoms with Gasteiger partial charge in [-0.3, -0.25) is 4.79 Å². The minimum Gasteiger partial charge on any atom is -0.497 e. The lowest BCUT2D eigenvalue weighted by Gasteiger charge is -2.14. The van der Waals surface area contributed by atoms with E-state index >= 15 is 0 Å². The third-order valence-corrected chi connectivity index (χ3v) is 5.94. The van der Waals surface area contributed by atoms with Gasteiger partial charge in [-0.1, -0.05) is 51.5 Å². The highest BCUT2D eigenvalue weighted by atomic mass is 32.2. The SMILES string of the molecule is CCCCCCCCC(C(=O)O)S(=O)(=O)c1cccc(OC)c1. The van der Waals surface area contributed by atoms with Crippen LogP contribution in [0.4, 0.5) is 0 Å². The molecule has 0 amide bonds. The zero-order valence-electron chi connectivity index (χ0n) is 13.8. The van der Waals surface area contributed by atoms with Crippen molar-refractivity contribution in [3.8, 4) is 5.75 Å². The van der Waals surface area contributed by atoms with Crippen LogP contribution in [0.15, 0.2) is 29.2 Å². The minimum absolute atomic E-state index is 0.00441. The van der Waals surface area contributed by atoms with Crippen molar-refractivity contribution in [1.29, 1.82) is 0 Å². The molecular weight excluding hydrogens is 316 g/mol. The van der Waals surface area contributed by atoms with E-state index in [4.69, 9.17) is 4.74 Å². The fourth-order valence-corrected chi connectivity index (χ4v) is 4.08. The Kier molecular flexibility index (Phi) is 8.09. The minimum atomic E-state index is -3.91. The lowest BCUT2D eigenvalue weighted by Crippen LogP contribution is -2.30. The van der Waals surface area contributed by atoms with Crippen LogP contribution in [0.25, 0.3) is 0 Å². The molecule has 6 heteroatoms. The second-order valence-corrected chi connectivity index (χ2v) is 7.74. The molecule has 0 aliphatic carbocycles. The van der Waals surface area contributed by atoms with Gasteiger partial charge in [0.25, 0.3) is 0 Å². The predicted molar refractivity (Wildman–Crippen MR) is 89.6 cm³/mol. The Morgan fingerprint density at radius 1 is 1.17 bits per heavy atom. The van der Waals surface area contributed by atoms with Gasteiger partial charge in [0.2, 0.25) is 0 Å². The summed E-state index contributed by atoms with van der Waals surface area (Å²) in [6, 6.07) is 5.96. The maximum absolute atomic E-state index is 12.6. The van der Waals surface area contributed by atoms with Gasteiger partial charge >= 0.3 is 5.97 Å². The van der Waals surface area contributed by atoms with Gasteiger partial charge in [0.1, 0.15) is 5.75 Å². The third kappa shape index (κ3) is 5.86. The summed E-state index contributed by atoms with van der Waals surface area (Å²) in [4.78, 5) is 11.4. The second-order valence-electron chi connectivity index (χ2n) is 5.61. The molecule has 0 aliphatic rings. The highest BCUT2D eigenvalue weighted by Gasteiger charge is 2.33. The molecule has 1 aromatic carbocycles. The molecule has 1 atom stereocenters. The first-order valence-electron chi connectivity index (χ1n) is 8.04. The van der Waals surface area contributed by atoms with Crippen LogP contribution in [-0.2, 0) is 14.6 Å². The van der Waals surface area contributed by atoms with Crippen molar-refractivity contribution in [3.63, 3.8) is 0 Å². The summed E-state index contributed by atoms with van der Waals surface area (Å²) in [6.45, 7) is 2.13. The fraction of sp³-hybridized carbons (Fsp3) is 0.588. The molecule has 1 unspecified atom stereocenters. The van der Waals surface area contributed by atoms with Gasteiger partial charge in [-0.15, -0.1) is 0 Å². The zero-order chi connectivity index (χ0) is 17.3. The van der Waals surface area contributed by atoms with Gasteiger partial charge in [0.05, 0.1) is 12.0 Å². The van der Waals surface area contributed by atoms with Crippen molar-refractivity contribution in [2.75, 3.05) is 7.11 Å². The normalized spacial score (nSPS) is 12.8. The first kappa shape index (κ1) is 19.5. The van der Waals surface area contributed by atoms with E-state index in [2.05, 4.69) is 6.92 Å². The highest BCUT2D eigenvalue weighted by Crippen LogP contribution is 2.24. The zero-order valence-corrected chi connectivity index (χ0v) is 14.6. The third-order valence-electron chi connectivity index (χ3n) is 3.84. The molecule has 0 heterocycles. The van der Waals surface area contributed by atoms with E-state index in [-0.39, 0.29) is 11.3 Å². The first-order chi connectivity index (χ1) is 10.9. The van der Waals surface area contributed by atoms with E-state index in [0.717, 1.165) is 32.1 Å². The number of carbonyl (C=O) groups is 1. The molecular formula is C17H26O5S. The smallest absolute Gasteiger partial charge is 0.322 e. The van der Waals surface area contributed by atoms with Crippen molar-refractivity contribution in [1.82, 2.24) is 0 Å². The summed E-state index contributed by atoms with van der Waals surface area (Å²) in [7, 11) is -2.47. The number of carboxylic acids is 1. The van der Waals surface area contributed by atoms with Crippen LogP contribution in [0, 0.1) is 0 Å². The Labute approximate surface area is 138 Å². The number of rotatable bonds is 11. The molecule has 1 aromatic rings. The molecule has 23 heavy (non-hydrogen) atoms. The maximum atomic E-state index is 12.6. The molecule has 1 rings (SSSR count). The molecule has 0 aromatic heterocycles. The van der Waals surface area contributed by atoms with Gasteiger partial charge in [-0.05, 0) is 24.6 Å². The largest absolute Gasteiger partial charge is 0.497 e.